The van der Waals surface area contributed by atoms with Gasteiger partial charge in [-0.15, -0.1) is 21.5 Å². The van der Waals surface area contributed by atoms with Gasteiger partial charge in [-0.3, -0.25) is 0 Å². The van der Waals surface area contributed by atoms with Gasteiger partial charge in [-0.1, -0.05) is 140 Å². The Labute approximate surface area is 253 Å². The molecule has 6 aromatic carbocycles. The lowest BCUT2D eigenvalue weighted by molar-refractivity contribution is 0.879. The number of fused-ring (bicyclic) bond motifs is 3. The van der Waals surface area contributed by atoms with Crippen LogP contribution in [0.2, 0.25) is 0 Å². The van der Waals surface area contributed by atoms with Crippen molar-refractivity contribution in [3.05, 3.63) is 152 Å². The van der Waals surface area contributed by atoms with Gasteiger partial charge in [-0.05, 0) is 45.2 Å². The largest absolute Gasteiger partial charge is 0.135 e. The summed E-state index contributed by atoms with van der Waals surface area (Å²) in [5.41, 5.74) is 10.2. The molecule has 0 saturated carbocycles. The van der Waals surface area contributed by atoms with E-state index in [2.05, 4.69) is 138 Å². The van der Waals surface area contributed by atoms with E-state index in [0.29, 0.717) is 0 Å². The predicted octanol–water partition coefficient (Wildman–Crippen LogP) is 10.6. The zero-order chi connectivity index (χ0) is 28.6. The van der Waals surface area contributed by atoms with Gasteiger partial charge < -0.3 is 0 Å². The van der Waals surface area contributed by atoms with Crippen LogP contribution >= 0.6 is 11.3 Å². The molecule has 8 aromatic rings. The Hall–Kier alpha value is -5.45. The molecule has 2 heterocycles. The van der Waals surface area contributed by atoms with Crippen molar-refractivity contribution in [2.45, 2.75) is 0 Å². The zero-order valence-electron chi connectivity index (χ0n) is 23.2. The second-order valence-electron chi connectivity index (χ2n) is 10.5. The second kappa shape index (κ2) is 10.8. The normalized spacial score (nSPS) is 11.3. The first-order valence-electron chi connectivity index (χ1n) is 14.3. The van der Waals surface area contributed by atoms with E-state index < -0.39 is 0 Å². The van der Waals surface area contributed by atoms with Crippen LogP contribution in [0, 0.1) is 0 Å². The Morgan fingerprint density at radius 2 is 0.930 bits per heavy atom. The van der Waals surface area contributed by atoms with Gasteiger partial charge in [-0.25, -0.2) is 0 Å². The molecule has 0 aliphatic rings. The van der Waals surface area contributed by atoms with E-state index in [-0.39, 0.29) is 0 Å². The number of aromatic nitrogens is 3. The van der Waals surface area contributed by atoms with Crippen molar-refractivity contribution >= 4 is 31.5 Å². The van der Waals surface area contributed by atoms with Crippen molar-refractivity contribution in [1.29, 1.82) is 0 Å². The minimum absolute atomic E-state index is 0.810. The molecular formula is C39H25N3S. The van der Waals surface area contributed by atoms with Crippen LogP contribution in [0.5, 0.6) is 0 Å². The standard InChI is InChI=1S/C39H25N3S/c1-4-14-26(15-5-1)29-21-12-22-31(30-23-13-25-34-36(30)32-20-10-11-24-33(32)43-34)37(29)39-35(27-16-6-2-7-17-27)38(40-42-41-39)28-18-8-3-9-19-28/h1-25H. The summed E-state index contributed by atoms with van der Waals surface area (Å²) in [6.45, 7) is 0. The number of rotatable bonds is 5. The molecule has 0 radical (unpaired) electrons. The Bertz CT molecular complexity index is 2220. The molecule has 0 aliphatic heterocycles. The van der Waals surface area contributed by atoms with Crippen LogP contribution in [0.25, 0.3) is 76.1 Å². The fourth-order valence-corrected chi connectivity index (χ4v) is 7.20. The van der Waals surface area contributed by atoms with E-state index in [1.165, 1.54) is 25.7 Å². The van der Waals surface area contributed by atoms with Crippen LogP contribution in [0.4, 0.5) is 0 Å². The van der Waals surface area contributed by atoms with E-state index in [4.69, 9.17) is 5.10 Å². The highest BCUT2D eigenvalue weighted by atomic mass is 32.1. The number of thiophene rings is 1. The van der Waals surface area contributed by atoms with Crippen molar-refractivity contribution in [2.24, 2.45) is 0 Å². The lowest BCUT2D eigenvalue weighted by Gasteiger charge is -2.19. The summed E-state index contributed by atoms with van der Waals surface area (Å²) in [7, 11) is 0. The second-order valence-corrected chi connectivity index (χ2v) is 11.5. The zero-order valence-corrected chi connectivity index (χ0v) is 24.0. The molecule has 2 aromatic heterocycles. The molecule has 0 N–H and O–H groups in total. The summed E-state index contributed by atoms with van der Waals surface area (Å²) >= 11 is 1.83. The fraction of sp³-hybridized carbons (Fsp3) is 0. The first-order chi connectivity index (χ1) is 21.4. The highest BCUT2D eigenvalue weighted by Crippen LogP contribution is 2.48. The van der Waals surface area contributed by atoms with Crippen molar-refractivity contribution in [3.8, 4) is 55.9 Å². The number of hydrogen-bond donors (Lipinski definition) is 0. The van der Waals surface area contributed by atoms with E-state index in [1.807, 2.05) is 35.6 Å². The highest BCUT2D eigenvalue weighted by Gasteiger charge is 2.24. The molecular weight excluding hydrogens is 543 g/mol. The Balaban J connectivity index is 1.52. The topological polar surface area (TPSA) is 38.7 Å². The van der Waals surface area contributed by atoms with E-state index >= 15 is 0 Å². The van der Waals surface area contributed by atoms with Crippen molar-refractivity contribution < 1.29 is 0 Å². The average Bonchev–Trinajstić information content (AvgIpc) is 3.48. The SMILES string of the molecule is c1ccc(-c2cccc(-c3cccc4sc5ccccc5c34)c2-c2nnnc(-c3ccccc3)c2-c2ccccc2)cc1. The summed E-state index contributed by atoms with van der Waals surface area (Å²) in [5, 5.41) is 16.4. The van der Waals surface area contributed by atoms with Crippen LogP contribution in [0.3, 0.4) is 0 Å². The van der Waals surface area contributed by atoms with Crippen molar-refractivity contribution in [2.75, 3.05) is 0 Å². The number of benzene rings is 6. The van der Waals surface area contributed by atoms with Gasteiger partial charge in [0, 0.05) is 36.9 Å². The lowest BCUT2D eigenvalue weighted by atomic mass is 9.85. The maximum Gasteiger partial charge on any atom is 0.106 e. The quantitative estimate of drug-likeness (QED) is 0.208. The third kappa shape index (κ3) is 4.40. The molecule has 43 heavy (non-hydrogen) atoms. The average molecular weight is 568 g/mol. The maximum absolute atomic E-state index is 4.86. The third-order valence-corrected chi connectivity index (χ3v) is 9.09. The molecule has 0 bridgehead atoms. The Morgan fingerprint density at radius 1 is 0.372 bits per heavy atom. The molecule has 8 rings (SSSR count). The molecule has 0 spiro atoms. The minimum atomic E-state index is 0.810. The molecule has 0 atom stereocenters. The first kappa shape index (κ1) is 25.3. The molecule has 0 unspecified atom stereocenters. The highest BCUT2D eigenvalue weighted by molar-refractivity contribution is 7.25. The van der Waals surface area contributed by atoms with Gasteiger partial charge in [0.15, 0.2) is 0 Å². The van der Waals surface area contributed by atoms with E-state index in [1.54, 1.807) is 0 Å². The van der Waals surface area contributed by atoms with E-state index in [9.17, 15) is 0 Å². The smallest absolute Gasteiger partial charge is 0.106 e. The van der Waals surface area contributed by atoms with Crippen LogP contribution in [0.15, 0.2) is 152 Å². The van der Waals surface area contributed by atoms with Crippen molar-refractivity contribution in [1.82, 2.24) is 15.4 Å². The summed E-state index contributed by atoms with van der Waals surface area (Å²) < 4.78 is 2.55. The molecule has 0 amide bonds. The first-order valence-corrected chi connectivity index (χ1v) is 15.1. The molecule has 0 fully saturated rings. The Morgan fingerprint density at radius 3 is 1.70 bits per heavy atom. The van der Waals surface area contributed by atoms with Gasteiger partial charge in [0.25, 0.3) is 0 Å². The van der Waals surface area contributed by atoms with Gasteiger partial charge in [0.1, 0.15) is 11.4 Å². The molecule has 3 nitrogen and oxygen atoms in total. The van der Waals surface area contributed by atoms with Crippen LogP contribution < -0.4 is 0 Å². The van der Waals surface area contributed by atoms with Crippen molar-refractivity contribution in [3.63, 3.8) is 0 Å². The predicted molar refractivity (Wildman–Crippen MR) is 180 cm³/mol. The monoisotopic (exact) mass is 567 g/mol. The summed E-state index contributed by atoms with van der Waals surface area (Å²) in [4.78, 5) is 0. The van der Waals surface area contributed by atoms with E-state index in [0.717, 1.165) is 50.3 Å². The van der Waals surface area contributed by atoms with Crippen LogP contribution in [-0.2, 0) is 0 Å². The number of nitrogens with zero attached hydrogens (tertiary/aromatic N) is 3. The molecule has 0 aliphatic carbocycles. The number of hydrogen-bond acceptors (Lipinski definition) is 4. The van der Waals surface area contributed by atoms with Gasteiger partial charge in [0.2, 0.25) is 0 Å². The molecule has 202 valence electrons. The van der Waals surface area contributed by atoms with Gasteiger partial charge in [0.05, 0.1) is 0 Å². The van der Waals surface area contributed by atoms with Crippen LogP contribution in [-0.4, -0.2) is 15.4 Å². The van der Waals surface area contributed by atoms with Crippen LogP contribution in [0.1, 0.15) is 0 Å². The minimum Gasteiger partial charge on any atom is -0.135 e. The van der Waals surface area contributed by atoms with Gasteiger partial charge in [-0.2, -0.15) is 0 Å². The fourth-order valence-electron chi connectivity index (χ4n) is 6.06. The molecule has 0 saturated heterocycles. The van der Waals surface area contributed by atoms with Gasteiger partial charge >= 0.3 is 0 Å². The summed E-state index contributed by atoms with van der Waals surface area (Å²) in [5.74, 6) is 0. The third-order valence-electron chi connectivity index (χ3n) is 7.95. The lowest BCUT2D eigenvalue weighted by Crippen LogP contribution is -2.02. The Kier molecular flexibility index (Phi) is 6.32. The summed E-state index contributed by atoms with van der Waals surface area (Å²) in [6.07, 6.45) is 0. The molecule has 4 heteroatoms. The maximum atomic E-state index is 4.86. The summed E-state index contributed by atoms with van der Waals surface area (Å²) in [6, 6.07) is 53.1.